The van der Waals surface area contributed by atoms with E-state index in [0.717, 1.165) is 12.1 Å². The molecule has 1 fully saturated rings. The second-order valence-corrected chi connectivity index (χ2v) is 5.34. The first-order valence-electron chi connectivity index (χ1n) is 7.30. The van der Waals surface area contributed by atoms with Crippen molar-refractivity contribution in [2.75, 3.05) is 6.54 Å². The molecule has 0 spiro atoms. The van der Waals surface area contributed by atoms with Crippen LogP contribution in [-0.4, -0.2) is 6.54 Å². The molecule has 0 aliphatic heterocycles. The fourth-order valence-electron chi connectivity index (χ4n) is 3.12. The van der Waals surface area contributed by atoms with Crippen molar-refractivity contribution < 1.29 is 4.39 Å². The average molecular weight is 249 g/mol. The lowest BCUT2D eigenvalue weighted by Gasteiger charge is -2.27. The average Bonchev–Trinajstić information content (AvgIpc) is 2.64. The van der Waals surface area contributed by atoms with E-state index in [1.165, 1.54) is 44.6 Å². The summed E-state index contributed by atoms with van der Waals surface area (Å²) in [7, 11) is 0. The molecule has 1 aliphatic rings. The normalized spacial score (nSPS) is 19.4. The maximum atomic E-state index is 13.4. The number of nitrogens with one attached hydrogen (secondary N) is 1. The third kappa shape index (κ3) is 3.55. The van der Waals surface area contributed by atoms with E-state index in [1.54, 1.807) is 6.07 Å². The summed E-state index contributed by atoms with van der Waals surface area (Å²) < 4.78 is 13.4. The van der Waals surface area contributed by atoms with Crippen LogP contribution in [0.1, 0.15) is 57.1 Å². The zero-order valence-corrected chi connectivity index (χ0v) is 11.3. The number of benzene rings is 1. The van der Waals surface area contributed by atoms with E-state index in [2.05, 4.69) is 18.3 Å². The van der Waals surface area contributed by atoms with Crippen LogP contribution >= 0.6 is 0 Å². The molecule has 18 heavy (non-hydrogen) atoms. The fourth-order valence-corrected chi connectivity index (χ4v) is 3.12. The predicted octanol–water partition coefficient (Wildman–Crippen LogP) is 4.45. The van der Waals surface area contributed by atoms with E-state index in [4.69, 9.17) is 0 Å². The van der Waals surface area contributed by atoms with Crippen molar-refractivity contribution in [1.29, 1.82) is 0 Å². The Kier molecular flexibility index (Phi) is 5.18. The summed E-state index contributed by atoms with van der Waals surface area (Å²) in [6.07, 6.45) is 7.91. The topological polar surface area (TPSA) is 12.0 Å². The zero-order valence-electron chi connectivity index (χ0n) is 11.3. The number of halogens is 1. The minimum Gasteiger partial charge on any atom is -0.310 e. The highest BCUT2D eigenvalue weighted by Crippen LogP contribution is 2.33. The van der Waals surface area contributed by atoms with Crippen molar-refractivity contribution in [3.63, 3.8) is 0 Å². The molecule has 1 aromatic carbocycles. The number of hydrogen-bond acceptors (Lipinski definition) is 1. The molecule has 1 aromatic rings. The van der Waals surface area contributed by atoms with Crippen LogP contribution in [0, 0.1) is 11.7 Å². The van der Waals surface area contributed by atoms with Crippen LogP contribution in [0.25, 0.3) is 0 Å². The first kappa shape index (κ1) is 13.5. The van der Waals surface area contributed by atoms with Crippen molar-refractivity contribution in [2.45, 2.75) is 51.5 Å². The van der Waals surface area contributed by atoms with Crippen LogP contribution in [0.3, 0.4) is 0 Å². The summed E-state index contributed by atoms with van der Waals surface area (Å²) in [6.45, 7) is 3.07. The third-order valence-electron chi connectivity index (χ3n) is 4.00. The lowest BCUT2D eigenvalue weighted by Crippen LogP contribution is -2.28. The highest BCUT2D eigenvalue weighted by Gasteiger charge is 2.23. The first-order chi connectivity index (χ1) is 8.81. The Bertz CT molecular complexity index is 356. The second kappa shape index (κ2) is 6.89. The quantitative estimate of drug-likeness (QED) is 0.777. The fraction of sp³-hybridized carbons (Fsp3) is 0.625. The molecule has 0 saturated heterocycles. The highest BCUT2D eigenvalue weighted by atomic mass is 19.1. The molecule has 0 aromatic heterocycles. The summed E-state index contributed by atoms with van der Waals surface area (Å²) >= 11 is 0. The molecule has 0 amide bonds. The van der Waals surface area contributed by atoms with Gasteiger partial charge in [0.1, 0.15) is 5.82 Å². The largest absolute Gasteiger partial charge is 0.310 e. The Labute approximate surface area is 110 Å². The van der Waals surface area contributed by atoms with Crippen LogP contribution in [0.2, 0.25) is 0 Å². The summed E-state index contributed by atoms with van der Waals surface area (Å²) in [5, 5.41) is 3.56. The van der Waals surface area contributed by atoms with Crippen LogP contribution in [0.15, 0.2) is 24.3 Å². The molecule has 100 valence electrons. The molecular weight excluding hydrogens is 225 g/mol. The Hall–Kier alpha value is -0.890. The molecule has 1 nitrogen and oxygen atoms in total. The summed E-state index contributed by atoms with van der Waals surface area (Å²) in [4.78, 5) is 0. The summed E-state index contributed by atoms with van der Waals surface area (Å²) in [5.74, 6) is 0.540. The van der Waals surface area contributed by atoms with Gasteiger partial charge in [-0.05, 0) is 43.0 Å². The van der Waals surface area contributed by atoms with Crippen molar-refractivity contribution in [1.82, 2.24) is 5.32 Å². The van der Waals surface area contributed by atoms with E-state index in [-0.39, 0.29) is 5.82 Å². The van der Waals surface area contributed by atoms with E-state index >= 15 is 0 Å². The van der Waals surface area contributed by atoms with Crippen LogP contribution in [-0.2, 0) is 0 Å². The maximum absolute atomic E-state index is 13.4. The van der Waals surface area contributed by atoms with Crippen molar-refractivity contribution >= 4 is 0 Å². The van der Waals surface area contributed by atoms with Gasteiger partial charge in [-0.25, -0.2) is 4.39 Å². The van der Waals surface area contributed by atoms with E-state index in [0.29, 0.717) is 12.0 Å². The van der Waals surface area contributed by atoms with Gasteiger partial charge in [-0.3, -0.25) is 0 Å². The molecule has 1 aliphatic carbocycles. The SMILES string of the molecule is CCNC(c1cccc(F)c1)C1CCCCCC1. The smallest absolute Gasteiger partial charge is 0.123 e. The van der Waals surface area contributed by atoms with Crippen LogP contribution in [0.5, 0.6) is 0 Å². The Balaban J connectivity index is 2.15. The van der Waals surface area contributed by atoms with Gasteiger partial charge in [-0.1, -0.05) is 44.7 Å². The maximum Gasteiger partial charge on any atom is 0.123 e. The standard InChI is InChI=1S/C16H24FN/c1-2-18-16(13-8-5-3-4-6-9-13)14-10-7-11-15(17)12-14/h7,10-13,16,18H,2-6,8-9H2,1H3. The minimum absolute atomic E-state index is 0.121. The molecular formula is C16H24FN. The predicted molar refractivity (Wildman–Crippen MR) is 74.0 cm³/mol. The van der Waals surface area contributed by atoms with Gasteiger partial charge < -0.3 is 5.32 Å². The zero-order chi connectivity index (χ0) is 12.8. The first-order valence-corrected chi connectivity index (χ1v) is 7.30. The van der Waals surface area contributed by atoms with Crippen molar-refractivity contribution in [3.8, 4) is 0 Å². The van der Waals surface area contributed by atoms with Gasteiger partial charge in [0.2, 0.25) is 0 Å². The molecule has 2 rings (SSSR count). The van der Waals surface area contributed by atoms with Gasteiger partial charge >= 0.3 is 0 Å². The summed E-state index contributed by atoms with van der Waals surface area (Å²) in [6, 6.07) is 7.42. The monoisotopic (exact) mass is 249 g/mol. The Morgan fingerprint density at radius 1 is 1.22 bits per heavy atom. The molecule has 1 N–H and O–H groups in total. The van der Waals surface area contributed by atoms with E-state index < -0.39 is 0 Å². The molecule has 0 heterocycles. The lowest BCUT2D eigenvalue weighted by atomic mass is 9.87. The lowest BCUT2D eigenvalue weighted by molar-refractivity contribution is 0.329. The Morgan fingerprint density at radius 2 is 1.94 bits per heavy atom. The Morgan fingerprint density at radius 3 is 2.56 bits per heavy atom. The number of hydrogen-bond donors (Lipinski definition) is 1. The second-order valence-electron chi connectivity index (χ2n) is 5.34. The molecule has 1 saturated carbocycles. The van der Waals surface area contributed by atoms with Gasteiger partial charge in [0.25, 0.3) is 0 Å². The van der Waals surface area contributed by atoms with E-state index in [1.807, 2.05) is 6.07 Å². The highest BCUT2D eigenvalue weighted by molar-refractivity contribution is 5.21. The molecule has 1 unspecified atom stereocenters. The van der Waals surface area contributed by atoms with Gasteiger partial charge in [-0.15, -0.1) is 0 Å². The number of rotatable bonds is 4. The minimum atomic E-state index is -0.121. The van der Waals surface area contributed by atoms with Crippen molar-refractivity contribution in [3.05, 3.63) is 35.6 Å². The molecule has 1 atom stereocenters. The summed E-state index contributed by atoms with van der Waals surface area (Å²) in [5.41, 5.74) is 1.11. The van der Waals surface area contributed by atoms with Crippen LogP contribution < -0.4 is 5.32 Å². The van der Waals surface area contributed by atoms with Crippen LogP contribution in [0.4, 0.5) is 4.39 Å². The molecule has 2 heteroatoms. The van der Waals surface area contributed by atoms with E-state index in [9.17, 15) is 4.39 Å². The molecule has 0 bridgehead atoms. The third-order valence-corrected chi connectivity index (χ3v) is 4.00. The molecule has 0 radical (unpaired) electrons. The van der Waals surface area contributed by atoms with Gasteiger partial charge in [0.05, 0.1) is 0 Å². The van der Waals surface area contributed by atoms with Gasteiger partial charge in [0.15, 0.2) is 0 Å². The van der Waals surface area contributed by atoms with Gasteiger partial charge in [-0.2, -0.15) is 0 Å². The van der Waals surface area contributed by atoms with Crippen molar-refractivity contribution in [2.24, 2.45) is 5.92 Å². The van der Waals surface area contributed by atoms with Gasteiger partial charge in [0, 0.05) is 6.04 Å².